The van der Waals surface area contributed by atoms with Crippen LogP contribution in [0.4, 0.5) is 5.69 Å². The van der Waals surface area contributed by atoms with E-state index in [1.807, 2.05) is 0 Å². The second kappa shape index (κ2) is 5.61. The average Bonchev–Trinajstić information content (AvgIpc) is 2.39. The van der Waals surface area contributed by atoms with Crippen molar-refractivity contribution >= 4 is 27.3 Å². The highest BCUT2D eigenvalue weighted by Gasteiger charge is 2.15. The van der Waals surface area contributed by atoms with E-state index in [0.29, 0.717) is 16.3 Å². The summed E-state index contributed by atoms with van der Waals surface area (Å²) in [7, 11) is -3.71. The standard InChI is InChI=1S/C13H12ClNO3S/c14-11-5-3-6-12(8-11)19(17,18)15-13-7-2-1-4-10(13)9-16/h1-8,15-16H,9H2. The summed E-state index contributed by atoms with van der Waals surface area (Å²) in [6, 6.07) is 12.6. The normalized spacial score (nSPS) is 11.3. The summed E-state index contributed by atoms with van der Waals surface area (Å²) < 4.78 is 26.8. The van der Waals surface area contributed by atoms with Gasteiger partial charge in [0.05, 0.1) is 17.2 Å². The van der Waals surface area contributed by atoms with E-state index in [2.05, 4.69) is 4.72 Å². The zero-order valence-electron chi connectivity index (χ0n) is 9.88. The van der Waals surface area contributed by atoms with E-state index in [1.165, 1.54) is 12.1 Å². The Morgan fingerprint density at radius 3 is 2.53 bits per heavy atom. The molecule has 0 aliphatic rings. The van der Waals surface area contributed by atoms with Crippen LogP contribution in [0.15, 0.2) is 53.4 Å². The quantitative estimate of drug-likeness (QED) is 0.911. The fraction of sp³-hybridized carbons (Fsp3) is 0.0769. The zero-order chi connectivity index (χ0) is 13.9. The van der Waals surface area contributed by atoms with Crippen molar-refractivity contribution in [1.29, 1.82) is 0 Å². The van der Waals surface area contributed by atoms with Gasteiger partial charge in [-0.05, 0) is 24.3 Å². The van der Waals surface area contributed by atoms with Crippen molar-refractivity contribution in [2.24, 2.45) is 0 Å². The van der Waals surface area contributed by atoms with Crippen LogP contribution < -0.4 is 4.72 Å². The van der Waals surface area contributed by atoms with Crippen LogP contribution in [-0.4, -0.2) is 13.5 Å². The number of benzene rings is 2. The van der Waals surface area contributed by atoms with Gasteiger partial charge in [-0.25, -0.2) is 8.42 Å². The predicted molar refractivity (Wildman–Crippen MR) is 74.6 cm³/mol. The van der Waals surface area contributed by atoms with Crippen LogP contribution in [-0.2, 0) is 16.6 Å². The second-order valence-corrected chi connectivity index (χ2v) is 6.00. The molecule has 0 saturated carbocycles. The van der Waals surface area contributed by atoms with Crippen molar-refractivity contribution in [3.63, 3.8) is 0 Å². The van der Waals surface area contributed by atoms with Crippen LogP contribution in [0.3, 0.4) is 0 Å². The maximum atomic E-state index is 12.2. The summed E-state index contributed by atoms with van der Waals surface area (Å²) in [5.74, 6) is 0. The van der Waals surface area contributed by atoms with E-state index < -0.39 is 10.0 Å². The minimum absolute atomic E-state index is 0.0766. The van der Waals surface area contributed by atoms with Gasteiger partial charge in [-0.3, -0.25) is 4.72 Å². The first-order valence-electron chi connectivity index (χ1n) is 5.50. The Kier molecular flexibility index (Phi) is 4.09. The van der Waals surface area contributed by atoms with Gasteiger partial charge in [-0.1, -0.05) is 35.9 Å². The molecule has 19 heavy (non-hydrogen) atoms. The fourth-order valence-corrected chi connectivity index (χ4v) is 3.00. The van der Waals surface area contributed by atoms with E-state index in [0.717, 1.165) is 0 Å². The Labute approximate surface area is 116 Å². The smallest absolute Gasteiger partial charge is 0.261 e. The molecule has 0 spiro atoms. The highest BCUT2D eigenvalue weighted by Crippen LogP contribution is 2.21. The highest BCUT2D eigenvalue weighted by atomic mass is 35.5. The van der Waals surface area contributed by atoms with Gasteiger partial charge < -0.3 is 5.11 Å². The van der Waals surface area contributed by atoms with E-state index >= 15 is 0 Å². The fourth-order valence-electron chi connectivity index (χ4n) is 1.60. The Morgan fingerprint density at radius 1 is 1.11 bits per heavy atom. The lowest BCUT2D eigenvalue weighted by molar-refractivity contribution is 0.282. The number of aliphatic hydroxyl groups is 1. The molecule has 100 valence electrons. The molecule has 0 saturated heterocycles. The Bertz CT molecular complexity index is 686. The van der Waals surface area contributed by atoms with Gasteiger partial charge in [-0.15, -0.1) is 0 Å². The number of para-hydroxylation sites is 1. The highest BCUT2D eigenvalue weighted by molar-refractivity contribution is 7.92. The number of hydrogen-bond donors (Lipinski definition) is 2. The molecule has 0 aliphatic carbocycles. The molecular weight excluding hydrogens is 286 g/mol. The molecule has 0 unspecified atom stereocenters. The topological polar surface area (TPSA) is 66.4 Å². The number of halogens is 1. The molecule has 0 heterocycles. The molecule has 0 atom stereocenters. The van der Waals surface area contributed by atoms with Gasteiger partial charge in [0.2, 0.25) is 0 Å². The van der Waals surface area contributed by atoms with Crippen molar-refractivity contribution in [2.45, 2.75) is 11.5 Å². The van der Waals surface area contributed by atoms with Crippen LogP contribution >= 0.6 is 11.6 Å². The lowest BCUT2D eigenvalue weighted by Gasteiger charge is -2.11. The number of nitrogens with one attached hydrogen (secondary N) is 1. The third-order valence-electron chi connectivity index (χ3n) is 2.54. The third-order valence-corrected chi connectivity index (χ3v) is 4.14. The first-order valence-corrected chi connectivity index (χ1v) is 7.36. The minimum Gasteiger partial charge on any atom is -0.392 e. The Morgan fingerprint density at radius 2 is 1.84 bits per heavy atom. The number of hydrogen-bond acceptors (Lipinski definition) is 3. The van der Waals surface area contributed by atoms with E-state index in [9.17, 15) is 13.5 Å². The second-order valence-electron chi connectivity index (χ2n) is 3.88. The molecule has 2 aromatic carbocycles. The monoisotopic (exact) mass is 297 g/mol. The molecule has 2 aromatic rings. The lowest BCUT2D eigenvalue weighted by Crippen LogP contribution is -2.14. The SMILES string of the molecule is O=S(=O)(Nc1ccccc1CO)c1cccc(Cl)c1. The first kappa shape index (κ1) is 13.9. The van der Waals surface area contributed by atoms with Gasteiger partial charge in [0, 0.05) is 10.6 Å². The molecule has 0 aliphatic heterocycles. The molecule has 0 fully saturated rings. The van der Waals surface area contributed by atoms with Gasteiger partial charge in [0.25, 0.3) is 10.0 Å². The molecular formula is C13H12ClNO3S. The third kappa shape index (κ3) is 3.26. The summed E-state index contributed by atoms with van der Waals surface area (Å²) >= 11 is 5.78. The van der Waals surface area contributed by atoms with Crippen molar-refractivity contribution in [3.8, 4) is 0 Å². The predicted octanol–water partition coefficient (Wildman–Crippen LogP) is 2.63. The van der Waals surface area contributed by atoms with Crippen molar-refractivity contribution in [1.82, 2.24) is 0 Å². The van der Waals surface area contributed by atoms with Crippen molar-refractivity contribution in [3.05, 3.63) is 59.1 Å². The van der Waals surface area contributed by atoms with Crippen LogP contribution in [0.2, 0.25) is 5.02 Å². The first-order chi connectivity index (χ1) is 9.03. The summed E-state index contributed by atoms with van der Waals surface area (Å²) in [5.41, 5.74) is 0.859. The maximum Gasteiger partial charge on any atom is 0.261 e. The van der Waals surface area contributed by atoms with Crippen molar-refractivity contribution < 1.29 is 13.5 Å². The molecule has 4 nitrogen and oxygen atoms in total. The summed E-state index contributed by atoms with van der Waals surface area (Å²) in [5, 5.41) is 9.52. The largest absolute Gasteiger partial charge is 0.392 e. The number of anilines is 1. The Hall–Kier alpha value is -1.56. The van der Waals surface area contributed by atoms with E-state index in [1.54, 1.807) is 36.4 Å². The van der Waals surface area contributed by atoms with E-state index in [-0.39, 0.29) is 11.5 Å². The van der Waals surface area contributed by atoms with Crippen LogP contribution in [0.1, 0.15) is 5.56 Å². The van der Waals surface area contributed by atoms with Gasteiger partial charge in [-0.2, -0.15) is 0 Å². The number of rotatable bonds is 4. The number of sulfonamides is 1. The van der Waals surface area contributed by atoms with Gasteiger partial charge in [0.15, 0.2) is 0 Å². The summed E-state index contributed by atoms with van der Waals surface area (Å²) in [6.45, 7) is -0.242. The lowest BCUT2D eigenvalue weighted by atomic mass is 10.2. The van der Waals surface area contributed by atoms with E-state index in [4.69, 9.17) is 11.6 Å². The molecule has 2 rings (SSSR count). The minimum atomic E-state index is -3.71. The summed E-state index contributed by atoms with van der Waals surface area (Å²) in [4.78, 5) is 0.0766. The van der Waals surface area contributed by atoms with Crippen LogP contribution in [0.5, 0.6) is 0 Å². The molecule has 6 heteroatoms. The summed E-state index contributed by atoms with van der Waals surface area (Å²) in [6.07, 6.45) is 0. The van der Waals surface area contributed by atoms with Crippen LogP contribution in [0, 0.1) is 0 Å². The zero-order valence-corrected chi connectivity index (χ0v) is 11.4. The van der Waals surface area contributed by atoms with Crippen molar-refractivity contribution in [2.75, 3.05) is 4.72 Å². The Balaban J connectivity index is 2.37. The van der Waals surface area contributed by atoms with Gasteiger partial charge in [0.1, 0.15) is 0 Å². The van der Waals surface area contributed by atoms with Crippen LogP contribution in [0.25, 0.3) is 0 Å². The number of aliphatic hydroxyl groups excluding tert-OH is 1. The molecule has 0 radical (unpaired) electrons. The molecule has 0 bridgehead atoms. The average molecular weight is 298 g/mol. The van der Waals surface area contributed by atoms with Gasteiger partial charge >= 0.3 is 0 Å². The molecule has 0 amide bonds. The molecule has 2 N–H and O–H groups in total. The molecule has 0 aromatic heterocycles. The maximum absolute atomic E-state index is 12.2.